The van der Waals surface area contributed by atoms with Gasteiger partial charge in [0.25, 0.3) is 0 Å². The van der Waals surface area contributed by atoms with Crippen LogP contribution in [0.1, 0.15) is 16.7 Å². The first-order valence-electron chi connectivity index (χ1n) is 5.98. The van der Waals surface area contributed by atoms with Gasteiger partial charge in [-0.2, -0.15) is 0 Å². The molecule has 7 heteroatoms. The quantitative estimate of drug-likeness (QED) is 0.639. The van der Waals surface area contributed by atoms with Crippen molar-refractivity contribution >= 4 is 12.0 Å². The average molecular weight is 284 g/mol. The van der Waals surface area contributed by atoms with E-state index in [1.165, 1.54) is 0 Å². The number of benzene rings is 1. The van der Waals surface area contributed by atoms with Crippen LogP contribution in [-0.2, 0) is 11.3 Å². The van der Waals surface area contributed by atoms with Crippen LogP contribution in [0.5, 0.6) is 0 Å². The van der Waals surface area contributed by atoms with E-state index in [9.17, 15) is 14.0 Å². The maximum Gasteiger partial charge on any atom is 0.328 e. The Morgan fingerprint density at radius 1 is 1.30 bits per heavy atom. The first kappa shape index (κ1) is 15.9. The topological polar surface area (TPSA) is 98.7 Å². The van der Waals surface area contributed by atoms with E-state index in [1.807, 2.05) is 0 Å². The fraction of sp³-hybridized carbons (Fsp3) is 0.385. The SMILES string of the molecule is Cc1cc(CNC(=O)N[C@@H](CO)C(=O)O)cc(C)c1F. The Morgan fingerprint density at radius 3 is 2.30 bits per heavy atom. The molecule has 1 aromatic carbocycles. The van der Waals surface area contributed by atoms with Crippen molar-refractivity contribution in [1.82, 2.24) is 10.6 Å². The molecule has 0 aromatic heterocycles. The van der Waals surface area contributed by atoms with Crippen LogP contribution in [0.3, 0.4) is 0 Å². The number of aliphatic hydroxyl groups is 1. The lowest BCUT2D eigenvalue weighted by atomic mass is 10.1. The molecule has 0 bridgehead atoms. The molecule has 6 nitrogen and oxygen atoms in total. The Hall–Kier alpha value is -2.15. The molecule has 0 saturated heterocycles. The third kappa shape index (κ3) is 4.20. The number of nitrogens with one attached hydrogen (secondary N) is 2. The number of carboxylic acids is 1. The van der Waals surface area contributed by atoms with Gasteiger partial charge < -0.3 is 20.8 Å². The zero-order chi connectivity index (χ0) is 15.3. The summed E-state index contributed by atoms with van der Waals surface area (Å²) in [6.45, 7) is 2.68. The lowest BCUT2D eigenvalue weighted by Crippen LogP contribution is -2.47. The number of aryl methyl sites for hydroxylation is 2. The summed E-state index contributed by atoms with van der Waals surface area (Å²) >= 11 is 0. The molecular formula is C13H17FN2O4. The molecule has 20 heavy (non-hydrogen) atoms. The first-order valence-corrected chi connectivity index (χ1v) is 5.98. The molecule has 0 saturated carbocycles. The van der Waals surface area contributed by atoms with E-state index in [2.05, 4.69) is 10.6 Å². The molecule has 0 aliphatic heterocycles. The monoisotopic (exact) mass is 284 g/mol. The summed E-state index contributed by atoms with van der Waals surface area (Å²) in [5, 5.41) is 22.0. The van der Waals surface area contributed by atoms with Gasteiger partial charge in [0, 0.05) is 6.54 Å². The second kappa shape index (κ2) is 6.85. The zero-order valence-electron chi connectivity index (χ0n) is 11.2. The van der Waals surface area contributed by atoms with Gasteiger partial charge in [-0.15, -0.1) is 0 Å². The number of halogens is 1. The number of carbonyl (C=O) groups is 2. The van der Waals surface area contributed by atoms with Crippen LogP contribution >= 0.6 is 0 Å². The van der Waals surface area contributed by atoms with Crippen molar-refractivity contribution < 1.29 is 24.2 Å². The highest BCUT2D eigenvalue weighted by molar-refractivity contribution is 5.82. The second-order valence-corrected chi connectivity index (χ2v) is 4.44. The molecule has 0 aliphatic carbocycles. The minimum absolute atomic E-state index is 0.131. The fourth-order valence-corrected chi connectivity index (χ4v) is 1.71. The molecule has 2 amide bonds. The minimum atomic E-state index is -1.35. The maximum atomic E-state index is 13.4. The maximum absolute atomic E-state index is 13.4. The van der Waals surface area contributed by atoms with E-state index >= 15 is 0 Å². The van der Waals surface area contributed by atoms with Crippen molar-refractivity contribution in [3.05, 3.63) is 34.6 Å². The number of hydrogen-bond donors (Lipinski definition) is 4. The average Bonchev–Trinajstić information content (AvgIpc) is 2.39. The van der Waals surface area contributed by atoms with Crippen molar-refractivity contribution in [2.45, 2.75) is 26.4 Å². The minimum Gasteiger partial charge on any atom is -0.480 e. The Labute approximate surface area is 115 Å². The van der Waals surface area contributed by atoms with Gasteiger partial charge in [-0.1, -0.05) is 12.1 Å². The molecule has 1 rings (SSSR count). The number of carbonyl (C=O) groups excluding carboxylic acids is 1. The fourth-order valence-electron chi connectivity index (χ4n) is 1.71. The van der Waals surface area contributed by atoms with Crippen LogP contribution in [0.4, 0.5) is 9.18 Å². The highest BCUT2D eigenvalue weighted by Crippen LogP contribution is 2.14. The molecule has 0 fully saturated rings. The summed E-state index contributed by atoms with van der Waals surface area (Å²) in [5.41, 5.74) is 1.65. The molecule has 0 spiro atoms. The summed E-state index contributed by atoms with van der Waals surface area (Å²) in [4.78, 5) is 22.1. The normalized spacial score (nSPS) is 11.8. The van der Waals surface area contributed by atoms with E-state index in [0.717, 1.165) is 0 Å². The van der Waals surface area contributed by atoms with E-state index < -0.39 is 24.6 Å². The molecule has 0 heterocycles. The van der Waals surface area contributed by atoms with E-state index in [0.29, 0.717) is 16.7 Å². The van der Waals surface area contributed by atoms with Crippen molar-refractivity contribution in [3.8, 4) is 0 Å². The standard InChI is InChI=1S/C13H17FN2O4/c1-7-3-9(4-8(2)11(7)14)5-15-13(20)16-10(6-17)12(18)19/h3-4,10,17H,5-6H2,1-2H3,(H,18,19)(H2,15,16,20)/t10-/m0/s1. The molecule has 4 N–H and O–H groups in total. The number of hydrogen-bond acceptors (Lipinski definition) is 3. The first-order chi connectivity index (χ1) is 9.35. The molecule has 0 radical (unpaired) electrons. The third-order valence-electron chi connectivity index (χ3n) is 2.74. The lowest BCUT2D eigenvalue weighted by Gasteiger charge is -2.13. The molecular weight excluding hydrogens is 267 g/mol. The number of carboxylic acid groups (broad SMARTS) is 1. The number of amides is 2. The molecule has 1 aromatic rings. The predicted molar refractivity (Wildman–Crippen MR) is 69.8 cm³/mol. The van der Waals surface area contributed by atoms with Gasteiger partial charge in [0.2, 0.25) is 0 Å². The van der Waals surface area contributed by atoms with Gasteiger partial charge in [-0.05, 0) is 30.5 Å². The number of rotatable bonds is 5. The van der Waals surface area contributed by atoms with Gasteiger partial charge in [-0.25, -0.2) is 14.0 Å². The Bertz CT molecular complexity index is 496. The Kier molecular flexibility index (Phi) is 5.45. The van der Waals surface area contributed by atoms with Gasteiger partial charge in [0.1, 0.15) is 5.82 Å². The van der Waals surface area contributed by atoms with Crippen molar-refractivity contribution in [3.63, 3.8) is 0 Å². The molecule has 1 atom stereocenters. The molecule has 0 unspecified atom stereocenters. The van der Waals surface area contributed by atoms with Crippen LogP contribution in [0.2, 0.25) is 0 Å². The van der Waals surface area contributed by atoms with Crippen LogP contribution in [0.15, 0.2) is 12.1 Å². The summed E-state index contributed by atoms with van der Waals surface area (Å²) in [6.07, 6.45) is 0. The van der Waals surface area contributed by atoms with Crippen LogP contribution < -0.4 is 10.6 Å². The smallest absolute Gasteiger partial charge is 0.328 e. The van der Waals surface area contributed by atoms with Gasteiger partial charge >= 0.3 is 12.0 Å². The number of aliphatic carboxylic acids is 1. The number of aliphatic hydroxyl groups excluding tert-OH is 1. The number of urea groups is 1. The van der Waals surface area contributed by atoms with Gasteiger partial charge in [-0.3, -0.25) is 0 Å². The molecule has 110 valence electrons. The van der Waals surface area contributed by atoms with E-state index in [4.69, 9.17) is 10.2 Å². The summed E-state index contributed by atoms with van der Waals surface area (Å²) < 4.78 is 13.4. The highest BCUT2D eigenvalue weighted by Gasteiger charge is 2.18. The van der Waals surface area contributed by atoms with Crippen molar-refractivity contribution in [1.29, 1.82) is 0 Å². The Balaban J connectivity index is 2.59. The summed E-state index contributed by atoms with van der Waals surface area (Å²) in [7, 11) is 0. The van der Waals surface area contributed by atoms with E-state index in [1.54, 1.807) is 26.0 Å². The zero-order valence-corrected chi connectivity index (χ0v) is 11.2. The Morgan fingerprint density at radius 2 is 1.85 bits per heavy atom. The second-order valence-electron chi connectivity index (χ2n) is 4.44. The highest BCUT2D eigenvalue weighted by atomic mass is 19.1. The largest absolute Gasteiger partial charge is 0.480 e. The van der Waals surface area contributed by atoms with Crippen LogP contribution in [-0.4, -0.2) is 34.9 Å². The van der Waals surface area contributed by atoms with Gasteiger partial charge in [0.15, 0.2) is 6.04 Å². The third-order valence-corrected chi connectivity index (χ3v) is 2.74. The predicted octanol–water partition coefficient (Wildman–Crippen LogP) is 0.687. The van der Waals surface area contributed by atoms with Crippen molar-refractivity contribution in [2.24, 2.45) is 0 Å². The van der Waals surface area contributed by atoms with Gasteiger partial charge in [0.05, 0.1) is 6.61 Å². The van der Waals surface area contributed by atoms with E-state index in [-0.39, 0.29) is 12.4 Å². The summed E-state index contributed by atoms with van der Waals surface area (Å²) in [6, 6.07) is 1.13. The summed E-state index contributed by atoms with van der Waals surface area (Å²) in [5.74, 6) is -1.61. The lowest BCUT2D eigenvalue weighted by molar-refractivity contribution is -0.140. The molecule has 0 aliphatic rings. The van der Waals surface area contributed by atoms with Crippen molar-refractivity contribution in [2.75, 3.05) is 6.61 Å². The van der Waals surface area contributed by atoms with Crippen LogP contribution in [0.25, 0.3) is 0 Å². The van der Waals surface area contributed by atoms with Crippen LogP contribution in [0, 0.1) is 19.7 Å².